The van der Waals surface area contributed by atoms with Gasteiger partial charge in [-0.15, -0.1) is 0 Å². The van der Waals surface area contributed by atoms with Crippen molar-refractivity contribution < 1.29 is 19.1 Å². The quantitative estimate of drug-likeness (QED) is 0.462. The molecule has 0 radical (unpaired) electrons. The lowest BCUT2D eigenvalue weighted by atomic mass is 9.88. The van der Waals surface area contributed by atoms with Gasteiger partial charge in [-0.1, -0.05) is 72.3 Å². The predicted octanol–water partition coefficient (Wildman–Crippen LogP) is 4.58. The molecule has 4 rings (SSSR count). The summed E-state index contributed by atoms with van der Waals surface area (Å²) in [7, 11) is 0. The number of hydrogen-bond donors (Lipinski definition) is 1. The molecule has 5 nitrogen and oxygen atoms in total. The number of carbonyl (C=O) groups is 3. The standard InChI is InChI=1S/C27H25NO4/c1-18-13-15-20(16-14-18)26(30)22-10-4-5-11-23(22)27(31)32-17-25(29)28-24-12-6-8-19-7-2-3-9-21(19)24/h2-5,7,9-11,13-16,24H,6,8,12,17H2,1H3,(H,28,29)/t24-/m1/s1. The van der Waals surface area contributed by atoms with Crippen molar-refractivity contribution in [2.24, 2.45) is 0 Å². The number of benzene rings is 3. The molecule has 0 saturated carbocycles. The summed E-state index contributed by atoms with van der Waals surface area (Å²) in [5, 5.41) is 2.97. The van der Waals surface area contributed by atoms with Gasteiger partial charge in [0.25, 0.3) is 5.91 Å². The molecular weight excluding hydrogens is 402 g/mol. The largest absolute Gasteiger partial charge is 0.452 e. The maximum atomic E-state index is 12.9. The average Bonchev–Trinajstić information content (AvgIpc) is 2.83. The zero-order valence-electron chi connectivity index (χ0n) is 18.0. The van der Waals surface area contributed by atoms with Crippen LogP contribution in [0.25, 0.3) is 0 Å². The first kappa shape index (κ1) is 21.5. The molecule has 0 fully saturated rings. The normalized spacial score (nSPS) is 14.8. The minimum Gasteiger partial charge on any atom is -0.452 e. The molecule has 0 bridgehead atoms. The fourth-order valence-corrected chi connectivity index (χ4v) is 4.07. The van der Waals surface area contributed by atoms with Crippen LogP contribution >= 0.6 is 0 Å². The van der Waals surface area contributed by atoms with E-state index in [-0.39, 0.29) is 28.9 Å². The topological polar surface area (TPSA) is 72.5 Å². The van der Waals surface area contributed by atoms with Crippen molar-refractivity contribution in [3.05, 3.63) is 106 Å². The fraction of sp³-hybridized carbons (Fsp3) is 0.222. The van der Waals surface area contributed by atoms with Crippen LogP contribution in [0.3, 0.4) is 0 Å². The second-order valence-electron chi connectivity index (χ2n) is 8.03. The summed E-state index contributed by atoms with van der Waals surface area (Å²) in [6.45, 7) is 1.54. The number of ether oxygens (including phenoxy) is 1. The third kappa shape index (κ3) is 4.78. The van der Waals surface area contributed by atoms with E-state index in [4.69, 9.17) is 4.74 Å². The molecule has 0 spiro atoms. The lowest BCUT2D eigenvalue weighted by Crippen LogP contribution is -2.34. The van der Waals surface area contributed by atoms with Crippen LogP contribution in [0.1, 0.15) is 61.9 Å². The highest BCUT2D eigenvalue weighted by Crippen LogP contribution is 2.29. The van der Waals surface area contributed by atoms with E-state index in [2.05, 4.69) is 11.4 Å². The maximum absolute atomic E-state index is 12.9. The third-order valence-electron chi connectivity index (χ3n) is 5.74. The summed E-state index contributed by atoms with van der Waals surface area (Å²) in [5.74, 6) is -1.32. The van der Waals surface area contributed by atoms with Gasteiger partial charge in [0.1, 0.15) is 0 Å². The van der Waals surface area contributed by atoms with Crippen molar-refractivity contribution in [3.63, 3.8) is 0 Å². The van der Waals surface area contributed by atoms with E-state index in [1.165, 1.54) is 5.56 Å². The Hall–Kier alpha value is -3.73. The molecule has 5 heteroatoms. The molecule has 0 aliphatic heterocycles. The van der Waals surface area contributed by atoms with Gasteiger partial charge >= 0.3 is 5.97 Å². The van der Waals surface area contributed by atoms with Crippen LogP contribution in [-0.4, -0.2) is 24.3 Å². The number of esters is 1. The van der Waals surface area contributed by atoms with Gasteiger partial charge in [0.05, 0.1) is 11.6 Å². The predicted molar refractivity (Wildman–Crippen MR) is 122 cm³/mol. The van der Waals surface area contributed by atoms with Gasteiger partial charge in [0.2, 0.25) is 0 Å². The number of aryl methyl sites for hydroxylation is 2. The van der Waals surface area contributed by atoms with Crippen LogP contribution in [0, 0.1) is 6.92 Å². The highest BCUT2D eigenvalue weighted by atomic mass is 16.5. The van der Waals surface area contributed by atoms with Crippen molar-refractivity contribution in [2.45, 2.75) is 32.2 Å². The number of rotatable bonds is 6. The molecule has 3 aromatic rings. The van der Waals surface area contributed by atoms with E-state index in [1.54, 1.807) is 36.4 Å². The summed E-state index contributed by atoms with van der Waals surface area (Å²) in [6.07, 6.45) is 2.85. The monoisotopic (exact) mass is 427 g/mol. The summed E-state index contributed by atoms with van der Waals surface area (Å²) in [4.78, 5) is 38.1. The first-order chi connectivity index (χ1) is 15.5. The Kier molecular flexibility index (Phi) is 6.45. The zero-order chi connectivity index (χ0) is 22.5. The number of fused-ring (bicyclic) bond motifs is 1. The Morgan fingerprint density at radius 2 is 1.59 bits per heavy atom. The van der Waals surface area contributed by atoms with Crippen LogP contribution in [0.15, 0.2) is 72.8 Å². The fourth-order valence-electron chi connectivity index (χ4n) is 4.07. The van der Waals surface area contributed by atoms with Crippen molar-refractivity contribution >= 4 is 17.7 Å². The molecule has 0 saturated heterocycles. The average molecular weight is 428 g/mol. The van der Waals surface area contributed by atoms with E-state index < -0.39 is 12.6 Å². The summed E-state index contributed by atoms with van der Waals surface area (Å²) in [6, 6.07) is 21.7. The first-order valence-corrected chi connectivity index (χ1v) is 10.8. The molecule has 32 heavy (non-hydrogen) atoms. The molecule has 1 amide bonds. The molecule has 1 atom stereocenters. The van der Waals surface area contributed by atoms with Gasteiger partial charge in [-0.2, -0.15) is 0 Å². The Labute approximate surface area is 187 Å². The van der Waals surface area contributed by atoms with E-state index >= 15 is 0 Å². The van der Waals surface area contributed by atoms with Gasteiger partial charge in [-0.25, -0.2) is 4.79 Å². The molecule has 3 aromatic carbocycles. The van der Waals surface area contributed by atoms with Crippen LogP contribution in [-0.2, 0) is 16.0 Å². The number of carbonyl (C=O) groups excluding carboxylic acids is 3. The Morgan fingerprint density at radius 3 is 2.38 bits per heavy atom. The van der Waals surface area contributed by atoms with Gasteiger partial charge in [0, 0.05) is 11.1 Å². The number of nitrogens with one attached hydrogen (secondary N) is 1. The van der Waals surface area contributed by atoms with Crippen LogP contribution in [0.4, 0.5) is 0 Å². The molecular formula is C27H25NO4. The van der Waals surface area contributed by atoms with Gasteiger partial charge < -0.3 is 10.1 Å². The summed E-state index contributed by atoms with van der Waals surface area (Å²) >= 11 is 0. The summed E-state index contributed by atoms with van der Waals surface area (Å²) < 4.78 is 5.26. The number of amides is 1. The lowest BCUT2D eigenvalue weighted by Gasteiger charge is -2.26. The van der Waals surface area contributed by atoms with E-state index in [0.717, 1.165) is 30.4 Å². The minimum atomic E-state index is -0.694. The number of ketones is 1. The Morgan fingerprint density at radius 1 is 0.906 bits per heavy atom. The molecule has 0 heterocycles. The molecule has 1 aliphatic carbocycles. The lowest BCUT2D eigenvalue weighted by molar-refractivity contribution is -0.125. The number of hydrogen-bond acceptors (Lipinski definition) is 4. The van der Waals surface area contributed by atoms with Gasteiger partial charge in [-0.3, -0.25) is 9.59 Å². The van der Waals surface area contributed by atoms with Crippen molar-refractivity contribution in [2.75, 3.05) is 6.61 Å². The van der Waals surface area contributed by atoms with Gasteiger partial charge in [-0.05, 0) is 43.4 Å². The van der Waals surface area contributed by atoms with Crippen molar-refractivity contribution in [1.29, 1.82) is 0 Å². The maximum Gasteiger partial charge on any atom is 0.339 e. The molecule has 162 valence electrons. The molecule has 1 N–H and O–H groups in total. The molecule has 0 unspecified atom stereocenters. The van der Waals surface area contributed by atoms with Crippen LogP contribution in [0.5, 0.6) is 0 Å². The van der Waals surface area contributed by atoms with Crippen molar-refractivity contribution in [3.8, 4) is 0 Å². The Balaban J connectivity index is 1.41. The zero-order valence-corrected chi connectivity index (χ0v) is 18.0. The van der Waals surface area contributed by atoms with E-state index in [1.807, 2.05) is 37.3 Å². The molecule has 1 aliphatic rings. The molecule has 0 aromatic heterocycles. The second-order valence-corrected chi connectivity index (χ2v) is 8.03. The first-order valence-electron chi connectivity index (χ1n) is 10.8. The SMILES string of the molecule is Cc1ccc(C(=O)c2ccccc2C(=O)OCC(=O)N[C@@H]2CCCc3ccccc32)cc1. The summed E-state index contributed by atoms with van der Waals surface area (Å²) in [5.41, 5.74) is 4.29. The minimum absolute atomic E-state index is 0.0819. The van der Waals surface area contributed by atoms with Crippen LogP contribution in [0.2, 0.25) is 0 Å². The highest BCUT2D eigenvalue weighted by Gasteiger charge is 2.23. The van der Waals surface area contributed by atoms with E-state index in [0.29, 0.717) is 5.56 Å². The third-order valence-corrected chi connectivity index (χ3v) is 5.74. The van der Waals surface area contributed by atoms with Gasteiger partial charge in [0.15, 0.2) is 12.4 Å². The Bertz CT molecular complexity index is 1150. The smallest absolute Gasteiger partial charge is 0.339 e. The van der Waals surface area contributed by atoms with E-state index in [9.17, 15) is 14.4 Å². The van der Waals surface area contributed by atoms with Crippen LogP contribution < -0.4 is 5.32 Å². The highest BCUT2D eigenvalue weighted by molar-refractivity contribution is 6.14. The second kappa shape index (κ2) is 9.60. The van der Waals surface area contributed by atoms with Crippen molar-refractivity contribution in [1.82, 2.24) is 5.32 Å².